The minimum Gasteiger partial charge on any atom is -0.451 e. The Morgan fingerprint density at radius 2 is 1.77 bits per heavy atom. The molecule has 0 radical (unpaired) electrons. The van der Waals surface area contributed by atoms with Gasteiger partial charge in [0.25, 0.3) is 11.8 Å². The van der Waals surface area contributed by atoms with Crippen LogP contribution in [0.15, 0.2) is 71.1 Å². The lowest BCUT2D eigenvalue weighted by Gasteiger charge is -2.13. The first kappa shape index (κ1) is 19.3. The Hall–Kier alpha value is -3.64. The number of amides is 2. The van der Waals surface area contributed by atoms with Crippen molar-refractivity contribution in [3.63, 3.8) is 0 Å². The molecule has 3 aromatic carbocycles. The van der Waals surface area contributed by atoms with E-state index in [-0.39, 0.29) is 17.8 Å². The van der Waals surface area contributed by atoms with Crippen LogP contribution in [0.25, 0.3) is 21.7 Å². The number of hydrogen-bond donors (Lipinski definition) is 2. The number of carbonyl (C=O) groups excluding carboxylic acids is 2. The Labute approximate surface area is 179 Å². The van der Waals surface area contributed by atoms with Gasteiger partial charge in [-0.1, -0.05) is 42.5 Å². The number of fused-ring (bicyclic) bond motifs is 3. The van der Waals surface area contributed by atoms with Gasteiger partial charge in [0, 0.05) is 18.5 Å². The average molecular weight is 414 g/mol. The molecule has 0 bridgehead atoms. The van der Waals surface area contributed by atoms with Crippen molar-refractivity contribution in [1.82, 2.24) is 5.32 Å². The Morgan fingerprint density at radius 3 is 2.65 bits per heavy atom. The van der Waals surface area contributed by atoms with Crippen molar-refractivity contribution in [2.24, 2.45) is 0 Å². The molecule has 1 aromatic heterocycles. The summed E-state index contributed by atoms with van der Waals surface area (Å²) in [7, 11) is 0. The number of nitrogens with one attached hydrogen (secondary N) is 2. The molecule has 2 heterocycles. The molecule has 1 saturated heterocycles. The first-order chi connectivity index (χ1) is 15.2. The Balaban J connectivity index is 1.37. The third-order valence-corrected chi connectivity index (χ3v) is 5.58. The highest BCUT2D eigenvalue weighted by molar-refractivity contribution is 6.12. The number of furan rings is 1. The molecule has 0 unspecified atom stereocenters. The molecule has 1 aliphatic heterocycles. The van der Waals surface area contributed by atoms with Crippen molar-refractivity contribution in [2.45, 2.75) is 18.9 Å². The predicted octanol–water partition coefficient (Wildman–Crippen LogP) is 4.75. The van der Waals surface area contributed by atoms with Gasteiger partial charge in [0.2, 0.25) is 0 Å². The molecule has 156 valence electrons. The quantitative estimate of drug-likeness (QED) is 0.494. The fourth-order valence-electron chi connectivity index (χ4n) is 3.99. The van der Waals surface area contributed by atoms with E-state index in [1.54, 1.807) is 30.3 Å². The van der Waals surface area contributed by atoms with Crippen molar-refractivity contribution in [2.75, 3.05) is 18.5 Å². The molecule has 4 aromatic rings. The molecular formula is C25H22N2O4. The number of benzene rings is 3. The standard InChI is InChI=1S/C25H22N2O4/c28-24(26-15-17-7-5-13-30-17)19-9-3-4-10-21(19)27-25(29)23-14-20-18-8-2-1-6-16(18)11-12-22(20)31-23/h1-4,6,8-12,14,17H,5,7,13,15H2,(H,26,28)(H,27,29)/t17-/m0/s1. The third kappa shape index (κ3) is 3.90. The van der Waals surface area contributed by atoms with E-state index in [0.29, 0.717) is 23.4 Å². The highest BCUT2D eigenvalue weighted by Crippen LogP contribution is 2.28. The average Bonchev–Trinajstić information content (AvgIpc) is 3.48. The molecule has 6 nitrogen and oxygen atoms in total. The number of anilines is 1. The third-order valence-electron chi connectivity index (χ3n) is 5.58. The van der Waals surface area contributed by atoms with E-state index in [2.05, 4.69) is 10.6 Å². The molecule has 2 N–H and O–H groups in total. The molecule has 0 aliphatic carbocycles. The summed E-state index contributed by atoms with van der Waals surface area (Å²) < 4.78 is 11.4. The molecule has 0 spiro atoms. The molecular weight excluding hydrogens is 392 g/mol. The SMILES string of the molecule is O=C(Nc1ccccc1C(=O)NC[C@@H]1CCCO1)c1cc2c(ccc3ccccc32)o1. The lowest BCUT2D eigenvalue weighted by atomic mass is 10.1. The van der Waals surface area contributed by atoms with Crippen LogP contribution in [0.2, 0.25) is 0 Å². The minimum atomic E-state index is -0.403. The van der Waals surface area contributed by atoms with Crippen LogP contribution in [0.5, 0.6) is 0 Å². The van der Waals surface area contributed by atoms with Crippen molar-refractivity contribution in [1.29, 1.82) is 0 Å². The molecule has 1 fully saturated rings. The molecule has 5 rings (SSSR count). The normalized spacial score (nSPS) is 15.9. The van der Waals surface area contributed by atoms with Crippen molar-refractivity contribution < 1.29 is 18.7 Å². The maximum atomic E-state index is 12.9. The van der Waals surface area contributed by atoms with E-state index in [1.165, 1.54) is 0 Å². The van der Waals surface area contributed by atoms with Crippen LogP contribution in [-0.4, -0.2) is 31.1 Å². The van der Waals surface area contributed by atoms with Gasteiger partial charge in [-0.05, 0) is 47.9 Å². The van der Waals surface area contributed by atoms with E-state index >= 15 is 0 Å². The van der Waals surface area contributed by atoms with Gasteiger partial charge in [0.05, 0.1) is 17.4 Å². The van der Waals surface area contributed by atoms with E-state index in [1.807, 2.05) is 36.4 Å². The Kier molecular flexibility index (Phi) is 5.14. The van der Waals surface area contributed by atoms with Crippen molar-refractivity contribution >= 4 is 39.2 Å². The number of carbonyl (C=O) groups is 2. The zero-order chi connectivity index (χ0) is 21.2. The smallest absolute Gasteiger partial charge is 0.291 e. The largest absolute Gasteiger partial charge is 0.451 e. The zero-order valence-corrected chi connectivity index (χ0v) is 16.9. The van der Waals surface area contributed by atoms with Gasteiger partial charge in [-0.3, -0.25) is 9.59 Å². The van der Waals surface area contributed by atoms with Gasteiger partial charge in [-0.2, -0.15) is 0 Å². The molecule has 31 heavy (non-hydrogen) atoms. The predicted molar refractivity (Wildman–Crippen MR) is 119 cm³/mol. The second kappa shape index (κ2) is 8.24. The maximum Gasteiger partial charge on any atom is 0.291 e. The summed E-state index contributed by atoms with van der Waals surface area (Å²) >= 11 is 0. The van der Waals surface area contributed by atoms with Gasteiger partial charge in [-0.15, -0.1) is 0 Å². The van der Waals surface area contributed by atoms with E-state index in [9.17, 15) is 9.59 Å². The number of hydrogen-bond acceptors (Lipinski definition) is 4. The number of ether oxygens (including phenoxy) is 1. The van der Waals surface area contributed by atoms with Crippen molar-refractivity contribution in [3.05, 3.63) is 78.1 Å². The minimum absolute atomic E-state index is 0.0519. The Bertz CT molecular complexity index is 1270. The van der Waals surface area contributed by atoms with Crippen LogP contribution < -0.4 is 10.6 Å². The van der Waals surface area contributed by atoms with E-state index < -0.39 is 5.91 Å². The summed E-state index contributed by atoms with van der Waals surface area (Å²) in [5, 5.41) is 8.70. The highest BCUT2D eigenvalue weighted by Gasteiger charge is 2.20. The van der Waals surface area contributed by atoms with Crippen LogP contribution in [-0.2, 0) is 4.74 Å². The lowest BCUT2D eigenvalue weighted by Crippen LogP contribution is -2.32. The molecule has 6 heteroatoms. The fourth-order valence-corrected chi connectivity index (χ4v) is 3.99. The van der Waals surface area contributed by atoms with E-state index in [0.717, 1.165) is 35.6 Å². The Morgan fingerprint density at radius 1 is 0.935 bits per heavy atom. The summed E-state index contributed by atoms with van der Waals surface area (Å²) in [6.07, 6.45) is 2.01. The van der Waals surface area contributed by atoms with Crippen LogP contribution in [0.1, 0.15) is 33.8 Å². The first-order valence-electron chi connectivity index (χ1n) is 10.4. The summed E-state index contributed by atoms with van der Waals surface area (Å²) in [5.74, 6) is -0.456. The first-order valence-corrected chi connectivity index (χ1v) is 10.4. The van der Waals surface area contributed by atoms with Crippen LogP contribution >= 0.6 is 0 Å². The topological polar surface area (TPSA) is 80.6 Å². The maximum absolute atomic E-state index is 12.9. The number of para-hydroxylation sites is 1. The molecule has 2 amide bonds. The summed E-state index contributed by atoms with van der Waals surface area (Å²) in [4.78, 5) is 25.6. The summed E-state index contributed by atoms with van der Waals surface area (Å²) in [6.45, 7) is 1.19. The highest BCUT2D eigenvalue weighted by atomic mass is 16.5. The van der Waals surface area contributed by atoms with Crippen LogP contribution in [0, 0.1) is 0 Å². The second-order valence-electron chi connectivity index (χ2n) is 7.65. The van der Waals surface area contributed by atoms with Gasteiger partial charge in [-0.25, -0.2) is 0 Å². The van der Waals surface area contributed by atoms with Gasteiger partial charge < -0.3 is 19.8 Å². The fraction of sp³-hybridized carbons (Fsp3) is 0.200. The monoisotopic (exact) mass is 414 g/mol. The summed E-state index contributed by atoms with van der Waals surface area (Å²) in [5.41, 5.74) is 1.48. The number of rotatable bonds is 5. The van der Waals surface area contributed by atoms with Gasteiger partial charge in [0.1, 0.15) is 5.58 Å². The van der Waals surface area contributed by atoms with Crippen LogP contribution in [0.3, 0.4) is 0 Å². The summed E-state index contributed by atoms with van der Waals surface area (Å²) in [6, 6.07) is 20.5. The van der Waals surface area contributed by atoms with Gasteiger partial charge >= 0.3 is 0 Å². The van der Waals surface area contributed by atoms with E-state index in [4.69, 9.17) is 9.15 Å². The second-order valence-corrected chi connectivity index (χ2v) is 7.65. The van der Waals surface area contributed by atoms with Crippen molar-refractivity contribution in [3.8, 4) is 0 Å². The zero-order valence-electron chi connectivity index (χ0n) is 16.9. The molecule has 1 atom stereocenters. The van der Waals surface area contributed by atoms with Gasteiger partial charge in [0.15, 0.2) is 5.76 Å². The lowest BCUT2D eigenvalue weighted by molar-refractivity contribution is 0.0858. The molecule has 1 aliphatic rings. The van der Waals surface area contributed by atoms with Crippen LogP contribution in [0.4, 0.5) is 5.69 Å². The molecule has 0 saturated carbocycles.